The summed E-state index contributed by atoms with van der Waals surface area (Å²) in [5.74, 6) is 0.590. The molecule has 0 radical (unpaired) electrons. The number of aryl methyl sites for hydroxylation is 1. The molecule has 6 nitrogen and oxygen atoms in total. The lowest BCUT2D eigenvalue weighted by Crippen LogP contribution is -2.03. The van der Waals surface area contributed by atoms with Crippen LogP contribution in [0.3, 0.4) is 0 Å². The third-order valence-corrected chi connectivity index (χ3v) is 5.78. The number of aromatic nitrogens is 1. The van der Waals surface area contributed by atoms with Crippen LogP contribution in [0, 0.1) is 29.6 Å². The summed E-state index contributed by atoms with van der Waals surface area (Å²) in [5.41, 5.74) is 5.44. The van der Waals surface area contributed by atoms with Crippen LogP contribution in [0.4, 0.5) is 0 Å². The topological polar surface area (TPSA) is 96.0 Å². The van der Waals surface area contributed by atoms with Gasteiger partial charge in [0.25, 0.3) is 0 Å². The quantitative estimate of drug-likeness (QED) is 0.262. The fraction of sp³-hybridized carbons (Fsp3) is 0.103. The number of carbonyl (C=O) groups excluding carboxylic acids is 1. The first-order valence-electron chi connectivity index (χ1n) is 11.0. The van der Waals surface area contributed by atoms with Gasteiger partial charge in [-0.25, -0.2) is 0 Å². The average Bonchev–Trinajstić information content (AvgIpc) is 2.91. The van der Waals surface area contributed by atoms with Crippen molar-refractivity contribution in [2.75, 3.05) is 0 Å². The number of hydrogen-bond acceptors (Lipinski definition) is 6. The molecule has 176 valence electrons. The minimum Gasteiger partial charge on any atom is -0.488 e. The van der Waals surface area contributed by atoms with Crippen molar-refractivity contribution in [2.24, 2.45) is 0 Å². The number of benzene rings is 3. The van der Waals surface area contributed by atoms with Crippen molar-refractivity contribution in [3.63, 3.8) is 0 Å². The Hall–Kier alpha value is -4.65. The molecule has 0 saturated heterocycles. The number of hydrogen-bond donors (Lipinski definition) is 0. The smallest absolute Gasteiger partial charge is 0.153 e. The number of nitrogens with zero attached hydrogens (tertiary/aromatic N) is 3. The average molecular weight is 494 g/mol. The summed E-state index contributed by atoms with van der Waals surface area (Å²) in [4.78, 5) is 15.6. The monoisotopic (exact) mass is 493 g/mol. The molecule has 7 heteroatoms. The van der Waals surface area contributed by atoms with Crippen molar-refractivity contribution >= 4 is 17.9 Å². The summed E-state index contributed by atoms with van der Waals surface area (Å²) in [7, 11) is 0. The van der Waals surface area contributed by atoms with Gasteiger partial charge in [-0.15, -0.1) is 0 Å². The van der Waals surface area contributed by atoms with E-state index in [0.717, 1.165) is 16.7 Å². The lowest BCUT2D eigenvalue weighted by molar-refractivity contribution is 0.111. The second-order valence-electron chi connectivity index (χ2n) is 8.03. The van der Waals surface area contributed by atoms with Crippen LogP contribution < -0.4 is 9.47 Å². The van der Waals surface area contributed by atoms with Crippen LogP contribution in [-0.4, -0.2) is 11.3 Å². The van der Waals surface area contributed by atoms with Crippen LogP contribution >= 0.6 is 11.6 Å². The van der Waals surface area contributed by atoms with E-state index < -0.39 is 0 Å². The van der Waals surface area contributed by atoms with Crippen molar-refractivity contribution in [3.8, 4) is 34.8 Å². The number of nitriles is 2. The van der Waals surface area contributed by atoms with E-state index in [0.29, 0.717) is 34.3 Å². The van der Waals surface area contributed by atoms with E-state index >= 15 is 0 Å². The lowest BCUT2D eigenvalue weighted by atomic mass is 9.95. The molecule has 0 spiro atoms. The second kappa shape index (κ2) is 11.2. The Morgan fingerprint density at radius 3 is 2.50 bits per heavy atom. The Kier molecular flexibility index (Phi) is 7.60. The number of halogens is 1. The zero-order valence-corrected chi connectivity index (χ0v) is 20.1. The van der Waals surface area contributed by atoms with Crippen molar-refractivity contribution < 1.29 is 14.3 Å². The zero-order valence-electron chi connectivity index (χ0n) is 19.4. The van der Waals surface area contributed by atoms with Gasteiger partial charge in [0.15, 0.2) is 6.29 Å². The fourth-order valence-corrected chi connectivity index (χ4v) is 3.95. The van der Waals surface area contributed by atoms with E-state index in [2.05, 4.69) is 11.1 Å². The van der Waals surface area contributed by atoms with Crippen molar-refractivity contribution in [2.45, 2.75) is 20.1 Å². The Morgan fingerprint density at radius 1 is 0.944 bits per heavy atom. The highest BCUT2D eigenvalue weighted by Gasteiger charge is 2.14. The molecule has 0 aliphatic rings. The maximum Gasteiger partial charge on any atom is 0.153 e. The molecular formula is C29H20ClN3O3. The molecule has 4 aromatic rings. The molecule has 0 fully saturated rings. The maximum atomic E-state index is 11.6. The number of ether oxygens (including phenoxy) is 2. The summed E-state index contributed by atoms with van der Waals surface area (Å²) < 4.78 is 11.8. The van der Waals surface area contributed by atoms with Crippen LogP contribution in [0.2, 0.25) is 5.02 Å². The van der Waals surface area contributed by atoms with E-state index in [4.69, 9.17) is 26.3 Å². The van der Waals surface area contributed by atoms with Crippen LogP contribution in [0.15, 0.2) is 73.1 Å². The first-order chi connectivity index (χ1) is 17.5. The standard InChI is InChI=1S/C29H20ClN3O3/c1-19-4-2-5-22(8-19)25-7-3-6-23(26(25)13-32)18-36-29-11-28(24(16-34)10-27(29)30)35-17-21-9-20(12-31)14-33-15-21/h2-11,14-16H,17-18H2,1H3. The molecule has 0 unspecified atom stereocenters. The van der Waals surface area contributed by atoms with Crippen LogP contribution in [0.25, 0.3) is 11.1 Å². The van der Waals surface area contributed by atoms with Gasteiger partial charge in [0, 0.05) is 29.6 Å². The first-order valence-corrected chi connectivity index (χ1v) is 11.4. The van der Waals surface area contributed by atoms with Crippen molar-refractivity contribution in [1.82, 2.24) is 4.98 Å². The molecule has 36 heavy (non-hydrogen) atoms. The van der Waals surface area contributed by atoms with Crippen LogP contribution in [0.5, 0.6) is 11.5 Å². The third-order valence-electron chi connectivity index (χ3n) is 5.48. The minimum absolute atomic E-state index is 0.0935. The number of aldehydes is 1. The second-order valence-corrected chi connectivity index (χ2v) is 8.44. The van der Waals surface area contributed by atoms with Gasteiger partial charge in [0.05, 0.1) is 21.7 Å². The molecule has 0 aliphatic carbocycles. The Labute approximate surface area is 213 Å². The molecule has 0 amide bonds. The maximum absolute atomic E-state index is 11.6. The molecule has 0 aliphatic heterocycles. The van der Waals surface area contributed by atoms with Gasteiger partial charge in [-0.05, 0) is 30.2 Å². The molecule has 0 saturated carbocycles. The summed E-state index contributed by atoms with van der Waals surface area (Å²) in [6.45, 7) is 2.20. The minimum atomic E-state index is 0.0935. The number of pyridine rings is 1. The Morgan fingerprint density at radius 2 is 1.75 bits per heavy atom. The molecule has 0 atom stereocenters. The van der Waals surface area contributed by atoms with Gasteiger partial charge < -0.3 is 9.47 Å². The van der Waals surface area contributed by atoms with Gasteiger partial charge in [-0.1, -0.05) is 59.6 Å². The van der Waals surface area contributed by atoms with Gasteiger partial charge >= 0.3 is 0 Å². The number of rotatable bonds is 8. The third kappa shape index (κ3) is 5.52. The molecule has 0 bridgehead atoms. The SMILES string of the molecule is Cc1cccc(-c2cccc(COc3cc(OCc4cncc(C#N)c4)c(C=O)cc3Cl)c2C#N)c1. The lowest BCUT2D eigenvalue weighted by Gasteiger charge is -2.15. The predicted octanol–water partition coefficient (Wildman–Crippen LogP) is 6.42. The summed E-state index contributed by atoms with van der Waals surface area (Å²) in [6.07, 6.45) is 3.69. The molecule has 1 aromatic heterocycles. The summed E-state index contributed by atoms with van der Waals surface area (Å²) in [6, 6.07) is 22.6. The largest absolute Gasteiger partial charge is 0.488 e. The molecule has 0 N–H and O–H groups in total. The zero-order chi connectivity index (χ0) is 25.5. The van der Waals surface area contributed by atoms with Gasteiger partial charge in [0.2, 0.25) is 0 Å². The number of carbonyl (C=O) groups is 1. The van der Waals surface area contributed by atoms with E-state index in [-0.39, 0.29) is 29.5 Å². The Balaban J connectivity index is 1.57. The van der Waals surface area contributed by atoms with Gasteiger partial charge in [-0.3, -0.25) is 9.78 Å². The van der Waals surface area contributed by atoms with E-state index in [1.54, 1.807) is 18.3 Å². The predicted molar refractivity (Wildman–Crippen MR) is 136 cm³/mol. The summed E-state index contributed by atoms with van der Waals surface area (Å²) in [5, 5.41) is 19.2. The molecular weight excluding hydrogens is 474 g/mol. The highest BCUT2D eigenvalue weighted by atomic mass is 35.5. The van der Waals surface area contributed by atoms with E-state index in [9.17, 15) is 10.1 Å². The van der Waals surface area contributed by atoms with Crippen molar-refractivity contribution in [1.29, 1.82) is 10.5 Å². The normalized spacial score (nSPS) is 10.2. The highest BCUT2D eigenvalue weighted by molar-refractivity contribution is 6.32. The summed E-state index contributed by atoms with van der Waals surface area (Å²) >= 11 is 6.37. The Bertz CT molecular complexity index is 1520. The highest BCUT2D eigenvalue weighted by Crippen LogP contribution is 2.34. The van der Waals surface area contributed by atoms with E-state index in [1.165, 1.54) is 12.3 Å². The van der Waals surface area contributed by atoms with Crippen molar-refractivity contribution in [3.05, 3.63) is 111 Å². The van der Waals surface area contributed by atoms with Gasteiger partial charge in [0.1, 0.15) is 36.9 Å². The first kappa shape index (κ1) is 24.5. The van der Waals surface area contributed by atoms with Crippen LogP contribution in [0.1, 0.15) is 38.2 Å². The van der Waals surface area contributed by atoms with Crippen LogP contribution in [-0.2, 0) is 13.2 Å². The molecule has 1 heterocycles. The fourth-order valence-electron chi connectivity index (χ4n) is 3.73. The molecule has 4 rings (SSSR count). The molecule has 3 aromatic carbocycles. The van der Waals surface area contributed by atoms with E-state index in [1.807, 2.05) is 55.5 Å². The van der Waals surface area contributed by atoms with Gasteiger partial charge in [-0.2, -0.15) is 10.5 Å².